The number of hydrogen-bond donors (Lipinski definition) is 1. The van der Waals surface area contributed by atoms with Crippen molar-refractivity contribution in [1.29, 1.82) is 0 Å². The summed E-state index contributed by atoms with van der Waals surface area (Å²) in [5.41, 5.74) is 1.45. The van der Waals surface area contributed by atoms with Crippen LogP contribution in [0.2, 0.25) is 10.0 Å². The maximum Gasteiger partial charge on any atom is 0.291 e. The van der Waals surface area contributed by atoms with E-state index in [9.17, 15) is 19.7 Å². The molecule has 4 aromatic rings. The minimum atomic E-state index is -0.571. The van der Waals surface area contributed by atoms with Crippen molar-refractivity contribution in [2.75, 3.05) is 5.32 Å². The Kier molecular flexibility index (Phi) is 5.99. The van der Waals surface area contributed by atoms with Crippen molar-refractivity contribution in [3.63, 3.8) is 0 Å². The monoisotopic (exact) mass is 487 g/mol. The van der Waals surface area contributed by atoms with Gasteiger partial charge in [-0.2, -0.15) is 9.78 Å². The molecule has 0 unspecified atom stereocenters. The predicted molar refractivity (Wildman–Crippen MR) is 122 cm³/mol. The summed E-state index contributed by atoms with van der Waals surface area (Å²) in [6.45, 7) is 0. The van der Waals surface area contributed by atoms with E-state index in [4.69, 9.17) is 23.2 Å². The molecule has 1 amide bonds. The Morgan fingerprint density at radius 2 is 1.78 bits per heavy atom. The molecular formula is C20H11Cl2N5O4S. The van der Waals surface area contributed by atoms with Crippen molar-refractivity contribution >= 4 is 51.3 Å². The van der Waals surface area contributed by atoms with Gasteiger partial charge in [-0.15, -0.1) is 11.3 Å². The van der Waals surface area contributed by atoms with Gasteiger partial charge >= 0.3 is 0 Å². The number of hydrogen-bond acceptors (Lipinski definition) is 7. The molecule has 0 aliphatic carbocycles. The number of halogens is 2. The molecule has 4 rings (SSSR count). The molecule has 0 fully saturated rings. The van der Waals surface area contributed by atoms with Gasteiger partial charge in [-0.05, 0) is 36.4 Å². The van der Waals surface area contributed by atoms with E-state index in [1.165, 1.54) is 41.8 Å². The van der Waals surface area contributed by atoms with Gasteiger partial charge in [0.1, 0.15) is 5.02 Å². The van der Waals surface area contributed by atoms with Crippen LogP contribution >= 0.6 is 34.5 Å². The Bertz CT molecular complexity index is 1380. The second-order valence-corrected chi connectivity index (χ2v) is 8.01. The first-order valence-corrected chi connectivity index (χ1v) is 10.5. The van der Waals surface area contributed by atoms with Crippen molar-refractivity contribution in [2.24, 2.45) is 0 Å². The molecule has 0 saturated carbocycles. The summed E-state index contributed by atoms with van der Waals surface area (Å²) in [7, 11) is 0. The molecule has 0 saturated heterocycles. The maximum absolute atomic E-state index is 12.6. The fraction of sp³-hybridized carbons (Fsp3) is 0. The molecule has 2 aromatic carbocycles. The standard InChI is InChI=1S/C20H11Cl2N5O4S/c21-15-9-23-26(19(29)17(15)22)13-5-3-12(4-6-13)18(28)25-20-24-16(10-32-20)11-1-7-14(8-2-11)27(30)31/h1-10H,(H,24,25,28). The minimum absolute atomic E-state index is 0.0145. The number of rotatable bonds is 5. The average molecular weight is 488 g/mol. The van der Waals surface area contributed by atoms with E-state index >= 15 is 0 Å². The van der Waals surface area contributed by atoms with Gasteiger partial charge in [-0.25, -0.2) is 4.98 Å². The second-order valence-electron chi connectivity index (χ2n) is 6.37. The number of amides is 1. The van der Waals surface area contributed by atoms with Gasteiger partial charge in [0.05, 0.1) is 27.5 Å². The summed E-state index contributed by atoms with van der Waals surface area (Å²) in [6.07, 6.45) is 1.26. The molecule has 0 bridgehead atoms. The van der Waals surface area contributed by atoms with Crippen LogP contribution in [0, 0.1) is 10.1 Å². The molecule has 9 nitrogen and oxygen atoms in total. The first-order valence-electron chi connectivity index (χ1n) is 8.89. The number of benzene rings is 2. The lowest BCUT2D eigenvalue weighted by Gasteiger charge is -2.07. The van der Waals surface area contributed by atoms with E-state index in [2.05, 4.69) is 15.4 Å². The third-order valence-corrected chi connectivity index (χ3v) is 5.86. The number of carbonyl (C=O) groups excluding carboxylic acids is 1. The second kappa shape index (κ2) is 8.87. The van der Waals surface area contributed by atoms with Crippen LogP contribution in [0.25, 0.3) is 16.9 Å². The molecular weight excluding hydrogens is 477 g/mol. The molecule has 0 spiro atoms. The lowest BCUT2D eigenvalue weighted by atomic mass is 10.1. The molecule has 1 N–H and O–H groups in total. The Hall–Kier alpha value is -3.60. The molecule has 32 heavy (non-hydrogen) atoms. The van der Waals surface area contributed by atoms with Gasteiger partial charge in [-0.1, -0.05) is 23.2 Å². The van der Waals surface area contributed by atoms with Gasteiger partial charge in [0, 0.05) is 28.6 Å². The number of nitro groups is 1. The molecule has 0 aliphatic rings. The van der Waals surface area contributed by atoms with Crippen LogP contribution < -0.4 is 10.9 Å². The SMILES string of the molecule is O=C(Nc1nc(-c2ccc([N+](=O)[O-])cc2)cs1)c1ccc(-n2ncc(Cl)c(Cl)c2=O)cc1. The first-order chi connectivity index (χ1) is 15.3. The third-order valence-electron chi connectivity index (χ3n) is 4.35. The highest BCUT2D eigenvalue weighted by molar-refractivity contribution is 7.14. The maximum atomic E-state index is 12.6. The topological polar surface area (TPSA) is 120 Å². The Morgan fingerprint density at radius 3 is 2.44 bits per heavy atom. The fourth-order valence-corrected chi connectivity index (χ4v) is 3.71. The van der Waals surface area contributed by atoms with Crippen molar-refractivity contribution in [2.45, 2.75) is 0 Å². The van der Waals surface area contributed by atoms with E-state index in [-0.39, 0.29) is 15.7 Å². The lowest BCUT2D eigenvalue weighted by molar-refractivity contribution is -0.384. The number of carbonyl (C=O) groups is 1. The van der Waals surface area contributed by atoms with Gasteiger partial charge in [0.15, 0.2) is 5.13 Å². The van der Waals surface area contributed by atoms with Crippen molar-refractivity contribution in [1.82, 2.24) is 14.8 Å². The third kappa shape index (κ3) is 4.37. The molecule has 0 aliphatic heterocycles. The van der Waals surface area contributed by atoms with E-state index in [0.29, 0.717) is 27.6 Å². The predicted octanol–water partition coefficient (Wildman–Crippen LogP) is 4.82. The van der Waals surface area contributed by atoms with Gasteiger partial charge in [0.2, 0.25) is 0 Å². The Morgan fingerprint density at radius 1 is 1.09 bits per heavy atom. The van der Waals surface area contributed by atoms with E-state index in [1.54, 1.807) is 29.6 Å². The van der Waals surface area contributed by atoms with Crippen LogP contribution in [0.4, 0.5) is 10.8 Å². The molecule has 2 heterocycles. The number of aromatic nitrogens is 3. The quantitative estimate of drug-likeness (QED) is 0.318. The number of nitrogens with one attached hydrogen (secondary N) is 1. The minimum Gasteiger partial charge on any atom is -0.298 e. The first kappa shape index (κ1) is 21.6. The highest BCUT2D eigenvalue weighted by atomic mass is 35.5. The molecule has 2 aromatic heterocycles. The number of thiazole rings is 1. The fourth-order valence-electron chi connectivity index (χ4n) is 2.74. The number of nitrogens with zero attached hydrogens (tertiary/aromatic N) is 4. The van der Waals surface area contributed by atoms with E-state index < -0.39 is 16.4 Å². The van der Waals surface area contributed by atoms with Crippen LogP contribution in [0.3, 0.4) is 0 Å². The number of non-ortho nitro benzene ring substituents is 1. The van der Waals surface area contributed by atoms with E-state index in [1.807, 2.05) is 0 Å². The summed E-state index contributed by atoms with van der Waals surface area (Å²) in [5, 5.41) is 19.4. The summed E-state index contributed by atoms with van der Waals surface area (Å²) in [6, 6.07) is 12.1. The summed E-state index contributed by atoms with van der Waals surface area (Å²) in [4.78, 5) is 39.4. The number of nitro benzene ring substituents is 1. The summed E-state index contributed by atoms with van der Waals surface area (Å²) in [5.74, 6) is -0.393. The van der Waals surface area contributed by atoms with Crippen LogP contribution in [-0.2, 0) is 0 Å². The van der Waals surface area contributed by atoms with Gasteiger partial charge in [0.25, 0.3) is 17.2 Å². The van der Waals surface area contributed by atoms with Crippen molar-refractivity contribution in [3.05, 3.63) is 96.2 Å². The van der Waals surface area contributed by atoms with Crippen LogP contribution in [0.15, 0.2) is 64.9 Å². The highest BCUT2D eigenvalue weighted by Crippen LogP contribution is 2.27. The Labute approximate surface area is 194 Å². The van der Waals surface area contributed by atoms with Crippen molar-refractivity contribution < 1.29 is 9.72 Å². The van der Waals surface area contributed by atoms with Gasteiger partial charge in [-0.3, -0.25) is 25.0 Å². The smallest absolute Gasteiger partial charge is 0.291 e. The normalized spacial score (nSPS) is 10.7. The average Bonchev–Trinajstić information content (AvgIpc) is 3.26. The zero-order chi connectivity index (χ0) is 22.8. The van der Waals surface area contributed by atoms with Crippen LogP contribution in [-0.4, -0.2) is 25.6 Å². The van der Waals surface area contributed by atoms with Crippen LogP contribution in [0.1, 0.15) is 10.4 Å². The molecule has 0 atom stereocenters. The zero-order valence-corrected chi connectivity index (χ0v) is 18.2. The van der Waals surface area contributed by atoms with Gasteiger partial charge < -0.3 is 0 Å². The zero-order valence-electron chi connectivity index (χ0n) is 15.9. The van der Waals surface area contributed by atoms with Crippen molar-refractivity contribution in [3.8, 4) is 16.9 Å². The summed E-state index contributed by atoms with van der Waals surface area (Å²) < 4.78 is 1.08. The molecule has 12 heteroatoms. The largest absolute Gasteiger partial charge is 0.298 e. The molecule has 160 valence electrons. The highest BCUT2D eigenvalue weighted by Gasteiger charge is 2.13. The van der Waals surface area contributed by atoms with Crippen LogP contribution in [0.5, 0.6) is 0 Å². The lowest BCUT2D eigenvalue weighted by Crippen LogP contribution is -2.21. The molecule has 0 radical (unpaired) electrons. The van der Waals surface area contributed by atoms with E-state index in [0.717, 1.165) is 4.68 Å². The Balaban J connectivity index is 1.48. The summed E-state index contributed by atoms with van der Waals surface area (Å²) >= 11 is 12.9. The number of anilines is 1.